The van der Waals surface area contributed by atoms with Gasteiger partial charge in [0, 0.05) is 12.2 Å². The van der Waals surface area contributed by atoms with Crippen molar-refractivity contribution in [1.82, 2.24) is 14.2 Å². The van der Waals surface area contributed by atoms with Crippen LogP contribution in [0.15, 0.2) is 41.6 Å². The van der Waals surface area contributed by atoms with Crippen molar-refractivity contribution < 1.29 is 18.0 Å². The average molecular weight is 421 g/mol. The number of alkyl halides is 3. The molecule has 0 unspecified atom stereocenters. The van der Waals surface area contributed by atoms with Crippen LogP contribution in [-0.4, -0.2) is 26.1 Å². The van der Waals surface area contributed by atoms with Gasteiger partial charge in [0.2, 0.25) is 0 Å². The Hall–Kier alpha value is -3.30. The maximum absolute atomic E-state index is 13.1. The highest BCUT2D eigenvalue weighted by molar-refractivity contribution is 6.02. The van der Waals surface area contributed by atoms with Gasteiger partial charge in [0.05, 0.1) is 34.8 Å². The number of anilines is 1. The minimum absolute atomic E-state index is 0.0866. The number of nitrogens with two attached hydrogens (primary N) is 1. The Balaban J connectivity index is 2.22. The van der Waals surface area contributed by atoms with E-state index < -0.39 is 23.2 Å². The molecule has 160 valence electrons. The molecule has 0 radical (unpaired) electrons. The van der Waals surface area contributed by atoms with Crippen LogP contribution in [0.25, 0.3) is 11.2 Å². The molecule has 10 heteroatoms. The standard InChI is InChI=1S/C20H22F3N5O2/c1-11(19(2,3)4)26-16-13(17(24)29)9-25-28-10-12(8-15(16)28)27-7-5-6-14(18(27)30)20(21,22)23/h5-11,26H,1-4H3,(H2,24,29)/t11-/m1/s1. The van der Waals surface area contributed by atoms with E-state index in [9.17, 15) is 22.8 Å². The first-order valence-electron chi connectivity index (χ1n) is 9.17. The minimum Gasteiger partial charge on any atom is -0.380 e. The molecule has 0 saturated carbocycles. The summed E-state index contributed by atoms with van der Waals surface area (Å²) in [7, 11) is 0. The second-order valence-corrected chi connectivity index (χ2v) is 8.15. The van der Waals surface area contributed by atoms with Crippen molar-refractivity contribution in [3.05, 3.63) is 58.3 Å². The minimum atomic E-state index is -4.77. The second-order valence-electron chi connectivity index (χ2n) is 8.15. The topological polar surface area (TPSA) is 94.4 Å². The molecular weight excluding hydrogens is 399 g/mol. The number of rotatable bonds is 4. The van der Waals surface area contributed by atoms with Gasteiger partial charge in [-0.3, -0.25) is 14.2 Å². The summed E-state index contributed by atoms with van der Waals surface area (Å²) in [5.74, 6) is -0.701. The van der Waals surface area contributed by atoms with Gasteiger partial charge in [-0.15, -0.1) is 0 Å². The monoisotopic (exact) mass is 421 g/mol. The van der Waals surface area contributed by atoms with Gasteiger partial charge in [-0.1, -0.05) is 20.8 Å². The first-order chi connectivity index (χ1) is 13.8. The molecule has 3 heterocycles. The van der Waals surface area contributed by atoms with Crippen molar-refractivity contribution in [2.75, 3.05) is 5.32 Å². The van der Waals surface area contributed by atoms with Crippen molar-refractivity contribution >= 4 is 17.1 Å². The normalized spacial score (nSPS) is 13.4. The highest BCUT2D eigenvalue weighted by Gasteiger charge is 2.34. The maximum atomic E-state index is 13.1. The van der Waals surface area contributed by atoms with E-state index in [1.165, 1.54) is 29.2 Å². The Labute approximate surface area is 170 Å². The SMILES string of the molecule is C[C@@H](Nc1c(C(N)=O)cnn2cc(-n3cccc(C(F)(F)F)c3=O)cc12)C(C)(C)C. The summed E-state index contributed by atoms with van der Waals surface area (Å²) in [6.07, 6.45) is -0.835. The molecule has 1 amide bonds. The highest BCUT2D eigenvalue weighted by Crippen LogP contribution is 2.30. The van der Waals surface area contributed by atoms with E-state index in [-0.39, 0.29) is 22.7 Å². The van der Waals surface area contributed by atoms with Gasteiger partial charge in [-0.25, -0.2) is 4.52 Å². The third-order valence-corrected chi connectivity index (χ3v) is 5.08. The van der Waals surface area contributed by atoms with Crippen LogP contribution in [0.4, 0.5) is 18.9 Å². The predicted molar refractivity (Wildman–Crippen MR) is 107 cm³/mol. The number of fused-ring (bicyclic) bond motifs is 1. The molecule has 0 aromatic carbocycles. The van der Waals surface area contributed by atoms with Crippen LogP contribution >= 0.6 is 0 Å². The van der Waals surface area contributed by atoms with Gasteiger partial charge in [0.15, 0.2) is 0 Å². The lowest BCUT2D eigenvalue weighted by Crippen LogP contribution is -2.32. The molecule has 0 aliphatic heterocycles. The molecule has 0 bridgehead atoms. The molecule has 0 aliphatic carbocycles. The zero-order valence-electron chi connectivity index (χ0n) is 16.9. The quantitative estimate of drug-likeness (QED) is 0.675. The van der Waals surface area contributed by atoms with Crippen LogP contribution in [0.1, 0.15) is 43.6 Å². The Morgan fingerprint density at radius 1 is 1.27 bits per heavy atom. The van der Waals surface area contributed by atoms with Gasteiger partial charge < -0.3 is 11.1 Å². The van der Waals surface area contributed by atoms with Crippen molar-refractivity contribution in [1.29, 1.82) is 0 Å². The van der Waals surface area contributed by atoms with Gasteiger partial charge in [-0.2, -0.15) is 18.3 Å². The third-order valence-electron chi connectivity index (χ3n) is 5.08. The molecule has 3 aromatic heterocycles. The number of carbonyl (C=O) groups is 1. The summed E-state index contributed by atoms with van der Waals surface area (Å²) in [6, 6.07) is 3.28. The van der Waals surface area contributed by atoms with E-state index in [0.717, 1.165) is 16.7 Å². The Morgan fingerprint density at radius 2 is 1.93 bits per heavy atom. The van der Waals surface area contributed by atoms with Crippen LogP contribution < -0.4 is 16.6 Å². The molecule has 0 saturated heterocycles. The van der Waals surface area contributed by atoms with Crippen molar-refractivity contribution in [2.45, 2.75) is 39.9 Å². The maximum Gasteiger partial charge on any atom is 0.421 e. The Kier molecular flexibility index (Phi) is 5.13. The molecule has 3 N–H and O–H groups in total. The number of pyridine rings is 1. The third kappa shape index (κ3) is 3.89. The summed E-state index contributed by atoms with van der Waals surface area (Å²) in [4.78, 5) is 24.3. The molecular formula is C20H22F3N5O2. The smallest absolute Gasteiger partial charge is 0.380 e. The lowest BCUT2D eigenvalue weighted by molar-refractivity contribution is -0.138. The number of carbonyl (C=O) groups excluding carboxylic acids is 1. The number of primary amides is 1. The lowest BCUT2D eigenvalue weighted by atomic mass is 9.88. The van der Waals surface area contributed by atoms with Crippen molar-refractivity contribution in [3.63, 3.8) is 0 Å². The van der Waals surface area contributed by atoms with E-state index in [2.05, 4.69) is 10.4 Å². The van der Waals surface area contributed by atoms with Gasteiger partial charge in [0.1, 0.15) is 5.56 Å². The summed E-state index contributed by atoms with van der Waals surface area (Å²) in [5.41, 5.74) is 3.97. The van der Waals surface area contributed by atoms with Crippen LogP contribution in [0, 0.1) is 5.41 Å². The Bertz CT molecular complexity index is 1170. The Morgan fingerprint density at radius 3 is 2.50 bits per heavy atom. The van der Waals surface area contributed by atoms with E-state index >= 15 is 0 Å². The van der Waals surface area contributed by atoms with Gasteiger partial charge in [0.25, 0.3) is 11.5 Å². The highest BCUT2D eigenvalue weighted by atomic mass is 19.4. The summed E-state index contributed by atoms with van der Waals surface area (Å²) in [6.45, 7) is 7.97. The van der Waals surface area contributed by atoms with Crippen LogP contribution in [0.2, 0.25) is 0 Å². The number of aromatic nitrogens is 3. The van der Waals surface area contributed by atoms with Crippen LogP contribution in [-0.2, 0) is 6.18 Å². The van der Waals surface area contributed by atoms with Gasteiger partial charge in [-0.05, 0) is 30.5 Å². The molecule has 30 heavy (non-hydrogen) atoms. The second kappa shape index (κ2) is 7.19. The number of nitrogens with one attached hydrogen (secondary N) is 1. The molecule has 0 fully saturated rings. The average Bonchev–Trinajstić information content (AvgIpc) is 3.04. The van der Waals surface area contributed by atoms with Crippen LogP contribution in [0.3, 0.4) is 0 Å². The van der Waals surface area contributed by atoms with E-state index in [4.69, 9.17) is 5.73 Å². The zero-order valence-corrected chi connectivity index (χ0v) is 16.9. The molecule has 3 aromatic rings. The largest absolute Gasteiger partial charge is 0.421 e. The number of halogens is 3. The number of amides is 1. The molecule has 0 spiro atoms. The number of hydrogen-bond donors (Lipinski definition) is 2. The van der Waals surface area contributed by atoms with E-state index in [1.54, 1.807) is 0 Å². The fraction of sp³-hybridized carbons (Fsp3) is 0.350. The first-order valence-corrected chi connectivity index (χ1v) is 9.17. The van der Waals surface area contributed by atoms with Gasteiger partial charge >= 0.3 is 6.18 Å². The van der Waals surface area contributed by atoms with Crippen molar-refractivity contribution in [3.8, 4) is 5.69 Å². The zero-order chi connectivity index (χ0) is 22.4. The molecule has 7 nitrogen and oxygen atoms in total. The molecule has 1 atom stereocenters. The number of nitrogens with zero attached hydrogens (tertiary/aromatic N) is 3. The van der Waals surface area contributed by atoms with Crippen molar-refractivity contribution in [2.24, 2.45) is 11.1 Å². The first kappa shape index (κ1) is 21.4. The summed E-state index contributed by atoms with van der Waals surface area (Å²) >= 11 is 0. The molecule has 3 rings (SSSR count). The molecule has 0 aliphatic rings. The summed E-state index contributed by atoms with van der Waals surface area (Å²) < 4.78 is 41.6. The van der Waals surface area contributed by atoms with E-state index in [0.29, 0.717) is 11.2 Å². The fourth-order valence-electron chi connectivity index (χ4n) is 2.86. The fourth-order valence-corrected chi connectivity index (χ4v) is 2.86. The predicted octanol–water partition coefficient (Wildman–Crippen LogP) is 3.45. The summed E-state index contributed by atoms with van der Waals surface area (Å²) in [5, 5.41) is 7.38. The number of hydrogen-bond acceptors (Lipinski definition) is 4. The van der Waals surface area contributed by atoms with Crippen LogP contribution in [0.5, 0.6) is 0 Å². The lowest BCUT2D eigenvalue weighted by Gasteiger charge is -2.29. The van der Waals surface area contributed by atoms with E-state index in [1.807, 2.05) is 27.7 Å².